The number of hydrogen-bond acceptors (Lipinski definition) is 3. The van der Waals surface area contributed by atoms with Gasteiger partial charge in [-0.05, 0) is 91.0 Å². The molecule has 0 spiro atoms. The van der Waals surface area contributed by atoms with Gasteiger partial charge in [-0.1, -0.05) is 212 Å². The third-order valence-corrected chi connectivity index (χ3v) is 12.5. The van der Waals surface area contributed by atoms with Gasteiger partial charge >= 0.3 is 0 Å². The zero-order chi connectivity index (χ0) is 42.2. The van der Waals surface area contributed by atoms with Crippen LogP contribution < -0.4 is 0 Å². The van der Waals surface area contributed by atoms with E-state index in [-0.39, 0.29) is 0 Å². The van der Waals surface area contributed by atoms with Gasteiger partial charge < -0.3 is 0 Å². The Hall–Kier alpha value is -8.45. The highest BCUT2D eigenvalue weighted by molar-refractivity contribution is 5.89. The van der Waals surface area contributed by atoms with E-state index in [4.69, 9.17) is 9.97 Å². The molecule has 1 aromatic heterocycles. The second-order valence-electron chi connectivity index (χ2n) is 16.0. The molecule has 0 amide bonds. The molecule has 1 aliphatic carbocycles. The lowest BCUT2D eigenvalue weighted by Crippen LogP contribution is -2.28. The van der Waals surface area contributed by atoms with Crippen molar-refractivity contribution in [3.05, 3.63) is 264 Å². The zero-order valence-electron chi connectivity index (χ0n) is 34.4. The molecule has 0 saturated heterocycles. The van der Waals surface area contributed by atoms with Gasteiger partial charge in [-0.25, -0.2) is 9.97 Å². The van der Waals surface area contributed by atoms with E-state index < -0.39 is 5.41 Å². The molecule has 0 unspecified atom stereocenters. The second-order valence-corrected chi connectivity index (χ2v) is 16.0. The van der Waals surface area contributed by atoms with Crippen molar-refractivity contribution in [2.75, 3.05) is 0 Å². The van der Waals surface area contributed by atoms with Crippen LogP contribution in [0.15, 0.2) is 237 Å². The molecule has 0 N–H and O–H groups in total. The fourth-order valence-electron chi connectivity index (χ4n) is 9.35. The molecular weight excluding hydrogens is 763 g/mol. The number of aromatic nitrogens is 2. The Morgan fingerprint density at radius 2 is 0.683 bits per heavy atom. The molecule has 63 heavy (non-hydrogen) atoms. The van der Waals surface area contributed by atoms with E-state index in [2.05, 4.69) is 212 Å². The minimum atomic E-state index is -0.586. The van der Waals surface area contributed by atoms with Crippen molar-refractivity contribution < 1.29 is 0 Å². The van der Waals surface area contributed by atoms with E-state index in [0.29, 0.717) is 11.4 Å². The zero-order valence-corrected chi connectivity index (χ0v) is 34.4. The maximum Gasteiger partial charge on any atom is 0.160 e. The Balaban J connectivity index is 0.929. The van der Waals surface area contributed by atoms with E-state index in [0.717, 1.165) is 67.0 Å². The summed E-state index contributed by atoms with van der Waals surface area (Å²) >= 11 is 0. The van der Waals surface area contributed by atoms with Crippen LogP contribution in [-0.4, -0.2) is 9.97 Å². The number of benzene rings is 9. The third-order valence-electron chi connectivity index (χ3n) is 12.5. The average molecular weight is 802 g/mol. The molecular formula is C60H39N3. The van der Waals surface area contributed by atoms with Crippen LogP contribution in [0.1, 0.15) is 27.8 Å². The minimum absolute atomic E-state index is 0.586. The van der Waals surface area contributed by atoms with Crippen LogP contribution in [0.25, 0.3) is 78.4 Å². The van der Waals surface area contributed by atoms with E-state index in [9.17, 15) is 5.26 Å². The van der Waals surface area contributed by atoms with Crippen LogP contribution in [0.4, 0.5) is 0 Å². The van der Waals surface area contributed by atoms with E-state index >= 15 is 0 Å². The molecule has 11 rings (SSSR count). The largest absolute Gasteiger partial charge is 0.228 e. The molecule has 0 atom stereocenters. The third kappa shape index (κ3) is 6.72. The SMILES string of the molecule is N#Cc1ccc2c(c1)C(c1ccccc1)(c1ccccc1)c1cc(-c3ccc(-c4ccc(-c5cc(-c6ccccc6)nc(-c6ccc(-c7ccccc7)cc6)n5)cc4)cc3)ccc1-2. The quantitative estimate of drug-likeness (QED) is 0.154. The van der Waals surface area contributed by atoms with E-state index in [1.807, 2.05) is 30.3 Å². The maximum absolute atomic E-state index is 10.0. The van der Waals surface area contributed by atoms with Crippen LogP contribution in [0.2, 0.25) is 0 Å². The highest BCUT2D eigenvalue weighted by Gasteiger charge is 2.46. The molecule has 3 heteroatoms. The number of nitriles is 1. The summed E-state index contributed by atoms with van der Waals surface area (Å²) in [6, 6.07) is 85.7. The van der Waals surface area contributed by atoms with Crippen molar-refractivity contribution >= 4 is 0 Å². The Bertz CT molecular complexity index is 3240. The summed E-state index contributed by atoms with van der Waals surface area (Å²) in [5, 5.41) is 10.0. The van der Waals surface area contributed by atoms with Crippen molar-refractivity contribution in [1.82, 2.24) is 9.97 Å². The number of rotatable bonds is 8. The fourth-order valence-corrected chi connectivity index (χ4v) is 9.35. The fraction of sp³-hybridized carbons (Fsp3) is 0.0167. The van der Waals surface area contributed by atoms with Gasteiger partial charge in [0.2, 0.25) is 0 Å². The van der Waals surface area contributed by atoms with Crippen LogP contribution >= 0.6 is 0 Å². The molecule has 0 fully saturated rings. The van der Waals surface area contributed by atoms with Crippen molar-refractivity contribution in [2.24, 2.45) is 0 Å². The monoisotopic (exact) mass is 801 g/mol. The molecule has 0 bridgehead atoms. The van der Waals surface area contributed by atoms with Crippen molar-refractivity contribution in [3.63, 3.8) is 0 Å². The van der Waals surface area contributed by atoms with Gasteiger partial charge in [-0.15, -0.1) is 0 Å². The standard InChI is InChI=1S/C60H39N3/c61-40-41-21-35-53-54-36-34-50(38-56(54)60(55(53)37-41,51-17-9-3-10-18-51)52-19-11-4-12-20-52)46-24-22-44(23-25-46)45-26-30-48(31-27-45)58-39-57(47-15-7-2-8-16-47)62-59(63-58)49-32-28-43(29-33-49)42-13-5-1-6-14-42/h1-39H. The summed E-state index contributed by atoms with van der Waals surface area (Å²) < 4.78 is 0. The highest BCUT2D eigenvalue weighted by Crippen LogP contribution is 2.57. The Morgan fingerprint density at radius 1 is 0.317 bits per heavy atom. The Labute approximate surface area is 368 Å². The number of nitrogens with zero attached hydrogens (tertiary/aromatic N) is 3. The van der Waals surface area contributed by atoms with Gasteiger partial charge in [-0.2, -0.15) is 5.26 Å². The van der Waals surface area contributed by atoms with Gasteiger partial charge in [0.05, 0.1) is 28.4 Å². The van der Waals surface area contributed by atoms with Crippen LogP contribution in [0.3, 0.4) is 0 Å². The van der Waals surface area contributed by atoms with Crippen LogP contribution in [0.5, 0.6) is 0 Å². The summed E-state index contributed by atoms with van der Waals surface area (Å²) in [4.78, 5) is 10.2. The maximum atomic E-state index is 10.0. The summed E-state index contributed by atoms with van der Waals surface area (Å²) in [6.07, 6.45) is 0. The molecule has 10 aromatic rings. The molecule has 0 radical (unpaired) electrons. The predicted molar refractivity (Wildman–Crippen MR) is 257 cm³/mol. The molecule has 0 saturated carbocycles. The van der Waals surface area contributed by atoms with Crippen molar-refractivity contribution in [3.8, 4) is 84.5 Å². The lowest BCUT2D eigenvalue weighted by molar-refractivity contribution is 0.768. The lowest BCUT2D eigenvalue weighted by Gasteiger charge is -2.34. The first-order chi connectivity index (χ1) is 31.2. The minimum Gasteiger partial charge on any atom is -0.228 e. The van der Waals surface area contributed by atoms with Gasteiger partial charge in [0.25, 0.3) is 0 Å². The molecule has 294 valence electrons. The van der Waals surface area contributed by atoms with Gasteiger partial charge in [0, 0.05) is 16.7 Å². The highest BCUT2D eigenvalue weighted by atomic mass is 14.9. The summed E-state index contributed by atoms with van der Waals surface area (Å²) in [5.74, 6) is 0.692. The van der Waals surface area contributed by atoms with E-state index in [1.54, 1.807) is 0 Å². The Kier molecular flexibility index (Phi) is 9.45. The van der Waals surface area contributed by atoms with Gasteiger partial charge in [0.15, 0.2) is 5.82 Å². The smallest absolute Gasteiger partial charge is 0.160 e. The lowest BCUT2D eigenvalue weighted by atomic mass is 9.67. The molecule has 0 aliphatic heterocycles. The first-order valence-electron chi connectivity index (χ1n) is 21.3. The van der Waals surface area contributed by atoms with E-state index in [1.165, 1.54) is 27.8 Å². The van der Waals surface area contributed by atoms with Gasteiger partial charge in [-0.3, -0.25) is 0 Å². The Morgan fingerprint density at radius 3 is 1.19 bits per heavy atom. The first-order valence-corrected chi connectivity index (χ1v) is 21.3. The van der Waals surface area contributed by atoms with Crippen molar-refractivity contribution in [2.45, 2.75) is 5.41 Å². The first kappa shape index (κ1) is 37.5. The molecule has 1 heterocycles. The van der Waals surface area contributed by atoms with Crippen molar-refractivity contribution in [1.29, 1.82) is 5.26 Å². The predicted octanol–water partition coefficient (Wildman–Crippen LogP) is 14.7. The second kappa shape index (κ2) is 15.9. The number of fused-ring (bicyclic) bond motifs is 3. The summed E-state index contributed by atoms with van der Waals surface area (Å²) in [5.41, 5.74) is 18.8. The number of hydrogen-bond donors (Lipinski definition) is 0. The van der Waals surface area contributed by atoms with Gasteiger partial charge in [0.1, 0.15) is 0 Å². The topological polar surface area (TPSA) is 49.6 Å². The molecule has 9 aromatic carbocycles. The summed E-state index contributed by atoms with van der Waals surface area (Å²) in [6.45, 7) is 0. The molecule has 1 aliphatic rings. The van der Waals surface area contributed by atoms with Crippen LogP contribution in [0, 0.1) is 11.3 Å². The normalized spacial score (nSPS) is 12.2. The average Bonchev–Trinajstić information content (AvgIpc) is 3.67. The molecule has 3 nitrogen and oxygen atoms in total. The summed E-state index contributed by atoms with van der Waals surface area (Å²) in [7, 11) is 0. The van der Waals surface area contributed by atoms with Crippen LogP contribution in [-0.2, 0) is 5.41 Å².